The van der Waals surface area contributed by atoms with Gasteiger partial charge in [-0.05, 0) is 36.8 Å². The summed E-state index contributed by atoms with van der Waals surface area (Å²) in [5.74, 6) is 0.995. The third-order valence-corrected chi connectivity index (χ3v) is 7.98. The van der Waals surface area contributed by atoms with Crippen LogP contribution in [0.2, 0.25) is 0 Å². The molecule has 0 N–H and O–H groups in total. The smallest absolute Gasteiger partial charge is 0.494 e. The van der Waals surface area contributed by atoms with Crippen LogP contribution in [0.15, 0.2) is 54.0 Å². The molecule has 0 aliphatic rings. The van der Waals surface area contributed by atoms with Crippen molar-refractivity contribution in [1.29, 1.82) is 0 Å². The van der Waals surface area contributed by atoms with Gasteiger partial charge in [-0.25, -0.2) is 0 Å². The first kappa shape index (κ1) is 68.4. The number of fused-ring (bicyclic) bond motifs is 1. The van der Waals surface area contributed by atoms with Crippen LogP contribution in [-0.2, 0) is 6.54 Å². The zero-order valence-electron chi connectivity index (χ0n) is 34.7. The number of para-hydroxylation sites is 1. The van der Waals surface area contributed by atoms with Crippen molar-refractivity contribution in [3.63, 3.8) is 0 Å². The van der Waals surface area contributed by atoms with E-state index in [1.807, 2.05) is 0 Å². The molecule has 0 spiro atoms. The fourth-order valence-electron chi connectivity index (χ4n) is 4.82. The molecule has 0 aliphatic carbocycles. The Bertz CT molecular complexity index is 1390. The van der Waals surface area contributed by atoms with Gasteiger partial charge in [0.1, 0.15) is 10.4 Å². The molecule has 0 saturated heterocycles. The summed E-state index contributed by atoms with van der Waals surface area (Å²) >= 11 is 1.80. The minimum absolute atomic E-state index is 0.835. The van der Waals surface area contributed by atoms with Gasteiger partial charge in [-0.2, -0.15) is 4.57 Å². The van der Waals surface area contributed by atoms with E-state index in [4.69, 9.17) is 4.74 Å². The number of rotatable bonds is 20. The highest BCUT2D eigenvalue weighted by Crippen LogP contribution is 2.19. The predicted molar refractivity (Wildman–Crippen MR) is 214 cm³/mol. The van der Waals surface area contributed by atoms with Crippen molar-refractivity contribution in [2.24, 2.45) is 0 Å². The summed E-state index contributed by atoms with van der Waals surface area (Å²) in [7, 11) is -36.0. The van der Waals surface area contributed by atoms with E-state index in [9.17, 15) is 104 Å². The molecule has 3 rings (SSSR count). The summed E-state index contributed by atoms with van der Waals surface area (Å²) in [4.78, 5) is 0. The number of hydrogen-bond donors (Lipinski definition) is 0. The maximum absolute atomic E-state index is 9.75. The third kappa shape index (κ3) is 84.8. The van der Waals surface area contributed by atoms with Gasteiger partial charge in [0.2, 0.25) is 11.0 Å². The zero-order chi connectivity index (χ0) is 51.4. The minimum atomic E-state index is -6.00. The number of ether oxygens (including phenoxy) is 1. The molecular formula is C32H48B6F24NOS-5. The largest absolute Gasteiger partial charge is 0.673 e. The first-order valence-corrected chi connectivity index (χ1v) is 20.6. The van der Waals surface area contributed by atoms with Crippen LogP contribution in [0.5, 0.6) is 5.75 Å². The third-order valence-electron chi connectivity index (χ3n) is 7.02. The second-order valence-electron chi connectivity index (χ2n) is 13.1. The lowest BCUT2D eigenvalue weighted by atomic mass is 10.0. The summed E-state index contributed by atoms with van der Waals surface area (Å²) in [6.07, 6.45) is 22.4. The van der Waals surface area contributed by atoms with E-state index in [0.717, 1.165) is 25.3 Å². The lowest BCUT2D eigenvalue weighted by Gasteiger charge is -2.07. The molecule has 0 amide bonds. The van der Waals surface area contributed by atoms with Gasteiger partial charge in [0.25, 0.3) is 0 Å². The van der Waals surface area contributed by atoms with Crippen LogP contribution < -0.4 is 9.30 Å². The molecule has 0 fully saturated rings. The molecular weight excluding hydrogens is 967 g/mol. The van der Waals surface area contributed by atoms with Gasteiger partial charge >= 0.3 is 43.5 Å². The van der Waals surface area contributed by atoms with Gasteiger partial charge in [-0.3, -0.25) is 0 Å². The normalized spacial score (nSPS) is 11.6. The first-order valence-electron chi connectivity index (χ1n) is 19.7. The van der Waals surface area contributed by atoms with E-state index < -0.39 is 43.5 Å². The average molecular weight is 1020 g/mol. The van der Waals surface area contributed by atoms with Crippen molar-refractivity contribution >= 4 is 65.1 Å². The average Bonchev–Trinajstić information content (AvgIpc) is 3.48. The molecule has 0 atom stereocenters. The van der Waals surface area contributed by atoms with Crippen molar-refractivity contribution in [2.75, 3.05) is 6.61 Å². The highest BCUT2D eigenvalue weighted by atomic mass is 32.1. The Morgan fingerprint density at radius 3 is 1.02 bits per heavy atom. The Kier molecular flexibility index (Phi) is 38.8. The van der Waals surface area contributed by atoms with Crippen LogP contribution in [0.3, 0.4) is 0 Å². The highest BCUT2D eigenvalue weighted by molar-refractivity contribution is 7.16. The Morgan fingerprint density at radius 1 is 0.400 bits per heavy atom. The molecule has 0 radical (unpaired) electrons. The van der Waals surface area contributed by atoms with E-state index in [1.54, 1.807) is 11.3 Å². The maximum Gasteiger partial charge on any atom is 0.673 e. The molecule has 65 heavy (non-hydrogen) atoms. The number of aromatic nitrogens is 1. The topological polar surface area (TPSA) is 13.1 Å². The van der Waals surface area contributed by atoms with E-state index >= 15 is 0 Å². The van der Waals surface area contributed by atoms with Gasteiger partial charge in [0, 0.05) is 11.6 Å². The van der Waals surface area contributed by atoms with Crippen LogP contribution in [0.4, 0.5) is 104 Å². The molecule has 384 valence electrons. The van der Waals surface area contributed by atoms with Gasteiger partial charge in [-0.15, -0.1) is 0 Å². The Balaban J connectivity index is -0.000000498. The molecule has 0 bridgehead atoms. The molecule has 1 heterocycles. The number of thiazole rings is 1. The monoisotopic (exact) mass is 1020 g/mol. The number of benzene rings is 2. The van der Waals surface area contributed by atoms with Gasteiger partial charge in [0.15, 0.2) is 6.54 Å². The molecule has 2 aromatic carbocycles. The lowest BCUT2D eigenvalue weighted by Crippen LogP contribution is -2.31. The molecule has 33 heteroatoms. The van der Waals surface area contributed by atoms with Crippen LogP contribution in [0.25, 0.3) is 10.2 Å². The fourth-order valence-corrected chi connectivity index (χ4v) is 5.71. The van der Waals surface area contributed by atoms with Crippen LogP contribution in [0, 0.1) is 0 Å². The number of nitrogens with zero attached hydrogens (tertiary/aromatic N) is 1. The first-order chi connectivity index (χ1) is 29.4. The molecule has 0 saturated carbocycles. The van der Waals surface area contributed by atoms with Crippen LogP contribution in [-0.4, -0.2) is 50.1 Å². The van der Waals surface area contributed by atoms with Crippen molar-refractivity contribution in [3.05, 3.63) is 59.6 Å². The molecule has 0 aliphatic heterocycles. The second kappa shape index (κ2) is 36.9. The van der Waals surface area contributed by atoms with Crippen LogP contribution in [0.1, 0.15) is 115 Å². The highest BCUT2D eigenvalue weighted by Gasteiger charge is 2.23. The van der Waals surface area contributed by atoms with E-state index in [0.29, 0.717) is 0 Å². The van der Waals surface area contributed by atoms with Crippen molar-refractivity contribution in [2.45, 2.75) is 116 Å². The quantitative estimate of drug-likeness (QED) is 0.0476. The lowest BCUT2D eigenvalue weighted by molar-refractivity contribution is -0.658. The summed E-state index contributed by atoms with van der Waals surface area (Å²) in [5.41, 5.74) is 4.83. The van der Waals surface area contributed by atoms with E-state index in [2.05, 4.69) is 65.5 Å². The molecule has 2 nitrogen and oxygen atoms in total. The fraction of sp³-hybridized carbons (Fsp3) is 0.594. The van der Waals surface area contributed by atoms with Gasteiger partial charge in [0.05, 0.1) is 6.61 Å². The summed E-state index contributed by atoms with van der Waals surface area (Å²) < 4.78 is 244. The number of halogens is 24. The minimum Gasteiger partial charge on any atom is -0.494 e. The molecule has 0 unspecified atom stereocenters. The van der Waals surface area contributed by atoms with Crippen molar-refractivity contribution in [3.8, 4) is 5.75 Å². The molecule has 1 aromatic heterocycles. The Morgan fingerprint density at radius 2 is 0.692 bits per heavy atom. The van der Waals surface area contributed by atoms with E-state index in [-0.39, 0.29) is 0 Å². The van der Waals surface area contributed by atoms with E-state index in [1.165, 1.54) is 112 Å². The molecule has 3 aromatic rings. The van der Waals surface area contributed by atoms with Crippen molar-refractivity contribution in [1.82, 2.24) is 0 Å². The summed E-state index contributed by atoms with van der Waals surface area (Å²) in [6.45, 7) is 4.04. The zero-order valence-corrected chi connectivity index (χ0v) is 35.5. The van der Waals surface area contributed by atoms with Crippen LogP contribution >= 0.6 is 11.3 Å². The van der Waals surface area contributed by atoms with Gasteiger partial charge < -0.3 is 108 Å². The Hall–Kier alpha value is -3.16. The van der Waals surface area contributed by atoms with Crippen molar-refractivity contribution < 1.29 is 113 Å². The second-order valence-corrected chi connectivity index (χ2v) is 14.0. The number of hydrogen-bond acceptors (Lipinski definition) is 2. The van der Waals surface area contributed by atoms with Gasteiger partial charge in [-0.1, -0.05) is 127 Å². The summed E-state index contributed by atoms with van der Waals surface area (Å²) in [5, 5.41) is 0. The Labute approximate surface area is 365 Å². The summed E-state index contributed by atoms with van der Waals surface area (Å²) in [6, 6.07) is 17.2. The standard InChI is InChI=1S/C32H48NOS.6BF4/c1-2-3-4-5-6-7-8-9-10-11-12-13-14-15-16-19-26-34-30-24-22-29(23-25-30)27-33-28-35-32-21-18-17-20-31(32)33;6*2-1(3,4)5/h17-18,20-25,28H,2-16,19,26-27H2,1H3;;;;;;/q+1;6*-1. The predicted octanol–water partition coefficient (Wildman–Crippen LogP) is 17.7. The maximum atomic E-state index is 9.75. The SMILES string of the molecule is CCCCCCCCCCCCCCCCCCOc1ccc(C[n+]2csc3ccccc32)cc1.F[B-](F)(F)F.F[B-](F)(F)F.F[B-](F)(F)F.F[B-](F)(F)F.F[B-](F)(F)F.F[B-](F)(F)F. The number of unbranched alkanes of at least 4 members (excludes halogenated alkanes) is 15.